The summed E-state index contributed by atoms with van der Waals surface area (Å²) in [5, 5.41) is 6.93. The molecule has 6 heteroatoms. The van der Waals surface area contributed by atoms with E-state index >= 15 is 0 Å². The summed E-state index contributed by atoms with van der Waals surface area (Å²) >= 11 is 6.38. The van der Waals surface area contributed by atoms with E-state index in [-0.39, 0.29) is 22.2 Å². The molecule has 0 bridgehead atoms. The van der Waals surface area contributed by atoms with Crippen LogP contribution in [0.3, 0.4) is 0 Å². The number of benzene rings is 3. The van der Waals surface area contributed by atoms with Gasteiger partial charge in [0.1, 0.15) is 5.82 Å². The van der Waals surface area contributed by atoms with Crippen LogP contribution in [-0.2, 0) is 4.79 Å². The third-order valence-corrected chi connectivity index (χ3v) is 6.27. The molecule has 2 N–H and O–H groups in total. The first-order valence-electron chi connectivity index (χ1n) is 10.5. The third-order valence-electron chi connectivity index (χ3n) is 5.94. The Morgan fingerprint density at radius 1 is 0.938 bits per heavy atom. The van der Waals surface area contributed by atoms with Crippen molar-refractivity contribution < 1.29 is 14.0 Å². The molecule has 160 valence electrons. The molecule has 4 nitrogen and oxygen atoms in total. The van der Waals surface area contributed by atoms with Crippen molar-refractivity contribution in [3.05, 3.63) is 106 Å². The quantitative estimate of drug-likeness (QED) is 0.464. The van der Waals surface area contributed by atoms with E-state index in [9.17, 15) is 14.0 Å². The van der Waals surface area contributed by atoms with Gasteiger partial charge in [0.05, 0.1) is 17.4 Å². The molecule has 2 aliphatic rings. The van der Waals surface area contributed by atoms with Crippen molar-refractivity contribution in [2.75, 3.05) is 10.6 Å². The van der Waals surface area contributed by atoms with Crippen LogP contribution in [0.2, 0.25) is 5.02 Å². The molecule has 1 aliphatic carbocycles. The Labute approximate surface area is 190 Å². The van der Waals surface area contributed by atoms with Crippen molar-refractivity contribution in [3.63, 3.8) is 0 Å². The van der Waals surface area contributed by atoms with Gasteiger partial charge < -0.3 is 10.6 Å². The van der Waals surface area contributed by atoms with Gasteiger partial charge in [-0.2, -0.15) is 0 Å². The van der Waals surface area contributed by atoms with Crippen molar-refractivity contribution in [2.45, 2.75) is 25.3 Å². The molecule has 0 saturated carbocycles. The number of anilines is 2. The molecule has 0 saturated heterocycles. The molecular weight excluding hydrogens is 427 g/mol. The summed E-state index contributed by atoms with van der Waals surface area (Å²) in [5.41, 5.74) is 3.94. The van der Waals surface area contributed by atoms with E-state index in [1.54, 1.807) is 42.5 Å². The average Bonchev–Trinajstić information content (AvgIpc) is 2.96. The van der Waals surface area contributed by atoms with E-state index in [2.05, 4.69) is 10.6 Å². The third kappa shape index (κ3) is 3.59. The minimum absolute atomic E-state index is 0.0380. The number of hydrogen-bond donors (Lipinski definition) is 2. The molecule has 1 aliphatic heterocycles. The van der Waals surface area contributed by atoms with E-state index in [1.807, 2.05) is 18.2 Å². The van der Waals surface area contributed by atoms with Gasteiger partial charge in [-0.15, -0.1) is 0 Å². The topological polar surface area (TPSA) is 58.2 Å². The summed E-state index contributed by atoms with van der Waals surface area (Å²) in [6, 6.07) is 18.1. The average molecular weight is 447 g/mol. The first-order valence-corrected chi connectivity index (χ1v) is 10.9. The number of nitrogens with one attached hydrogen (secondary N) is 2. The number of allylic oxidation sites excluding steroid dienone is 1. The van der Waals surface area contributed by atoms with Crippen LogP contribution >= 0.6 is 11.6 Å². The van der Waals surface area contributed by atoms with Crippen LogP contribution in [0.5, 0.6) is 0 Å². The number of ketones is 2. The van der Waals surface area contributed by atoms with Crippen LogP contribution in [0.25, 0.3) is 0 Å². The van der Waals surface area contributed by atoms with Gasteiger partial charge in [-0.1, -0.05) is 48.0 Å². The van der Waals surface area contributed by atoms with Gasteiger partial charge in [0, 0.05) is 39.4 Å². The maximum Gasteiger partial charge on any atom is 0.193 e. The largest absolute Gasteiger partial charge is 0.372 e. The number of Topliss-reactive ketones (excluding diaryl/α,β-unsaturated/α-hetero) is 1. The van der Waals surface area contributed by atoms with Crippen molar-refractivity contribution in [2.24, 2.45) is 0 Å². The minimum Gasteiger partial charge on any atom is -0.372 e. The predicted octanol–water partition coefficient (Wildman–Crippen LogP) is 6.30. The number of halogens is 2. The van der Waals surface area contributed by atoms with Crippen LogP contribution < -0.4 is 10.6 Å². The Hall–Kier alpha value is -3.44. The SMILES string of the molecule is O=C1CCCC2=C1[C@@H](c1c(F)cccc1Cl)Nc1ccc(C(=O)c3ccccc3)cc1N2. The van der Waals surface area contributed by atoms with E-state index in [0.717, 1.165) is 5.70 Å². The van der Waals surface area contributed by atoms with Gasteiger partial charge in [-0.3, -0.25) is 9.59 Å². The van der Waals surface area contributed by atoms with Gasteiger partial charge in [-0.25, -0.2) is 4.39 Å². The van der Waals surface area contributed by atoms with Crippen LogP contribution in [0.15, 0.2) is 78.0 Å². The number of fused-ring (bicyclic) bond motifs is 1. The predicted molar refractivity (Wildman–Crippen MR) is 124 cm³/mol. The van der Waals surface area contributed by atoms with Gasteiger partial charge in [-0.05, 0) is 43.2 Å². The van der Waals surface area contributed by atoms with Crippen molar-refractivity contribution in [3.8, 4) is 0 Å². The normalized spacial score (nSPS) is 17.6. The van der Waals surface area contributed by atoms with Gasteiger partial charge in [0.25, 0.3) is 0 Å². The Bertz CT molecular complexity index is 1250. The minimum atomic E-state index is -0.726. The van der Waals surface area contributed by atoms with Gasteiger partial charge >= 0.3 is 0 Å². The first-order chi connectivity index (χ1) is 15.5. The molecule has 0 aromatic heterocycles. The molecule has 5 rings (SSSR count). The lowest BCUT2D eigenvalue weighted by Crippen LogP contribution is -2.24. The highest BCUT2D eigenvalue weighted by molar-refractivity contribution is 6.31. The number of hydrogen-bond acceptors (Lipinski definition) is 4. The van der Waals surface area contributed by atoms with Crippen LogP contribution in [-0.4, -0.2) is 11.6 Å². The van der Waals surface area contributed by atoms with Crippen molar-refractivity contribution in [1.29, 1.82) is 0 Å². The second-order valence-corrected chi connectivity index (χ2v) is 8.37. The first kappa shape index (κ1) is 20.5. The zero-order chi connectivity index (χ0) is 22.2. The Kier molecular flexibility index (Phi) is 5.27. The Balaban J connectivity index is 1.62. The summed E-state index contributed by atoms with van der Waals surface area (Å²) in [7, 11) is 0. The number of carbonyl (C=O) groups is 2. The number of rotatable bonds is 3. The Morgan fingerprint density at radius 3 is 2.53 bits per heavy atom. The lowest BCUT2D eigenvalue weighted by Gasteiger charge is -2.26. The highest BCUT2D eigenvalue weighted by Crippen LogP contribution is 2.43. The van der Waals surface area contributed by atoms with Crippen LogP contribution in [0.4, 0.5) is 15.8 Å². The molecular formula is C26H20ClFN2O2. The number of carbonyl (C=O) groups excluding carboxylic acids is 2. The maximum absolute atomic E-state index is 14.9. The molecule has 1 atom stereocenters. The molecule has 3 aromatic rings. The fourth-order valence-electron chi connectivity index (χ4n) is 4.39. The molecule has 1 heterocycles. The van der Waals surface area contributed by atoms with Crippen LogP contribution in [0.1, 0.15) is 46.8 Å². The van der Waals surface area contributed by atoms with E-state index in [4.69, 9.17) is 11.6 Å². The summed E-state index contributed by atoms with van der Waals surface area (Å²) in [6.07, 6.45) is 1.76. The second-order valence-electron chi connectivity index (χ2n) is 7.96. The smallest absolute Gasteiger partial charge is 0.193 e. The van der Waals surface area contributed by atoms with Gasteiger partial charge in [0.15, 0.2) is 11.6 Å². The molecule has 0 unspecified atom stereocenters. The van der Waals surface area contributed by atoms with Crippen LogP contribution in [0, 0.1) is 5.82 Å². The molecule has 0 amide bonds. The lowest BCUT2D eigenvalue weighted by molar-refractivity contribution is -0.116. The molecule has 0 spiro atoms. The van der Waals surface area contributed by atoms with Gasteiger partial charge in [0.2, 0.25) is 0 Å². The zero-order valence-corrected chi connectivity index (χ0v) is 17.9. The fourth-order valence-corrected chi connectivity index (χ4v) is 4.66. The summed E-state index contributed by atoms with van der Waals surface area (Å²) in [4.78, 5) is 25.9. The van der Waals surface area contributed by atoms with E-state index in [1.165, 1.54) is 6.07 Å². The summed E-state index contributed by atoms with van der Waals surface area (Å²) in [5.74, 6) is -0.606. The Morgan fingerprint density at radius 2 is 1.75 bits per heavy atom. The molecule has 0 radical (unpaired) electrons. The highest BCUT2D eigenvalue weighted by atomic mass is 35.5. The van der Waals surface area contributed by atoms with Crippen molar-refractivity contribution in [1.82, 2.24) is 0 Å². The summed E-state index contributed by atoms with van der Waals surface area (Å²) in [6.45, 7) is 0. The second kappa shape index (κ2) is 8.24. The lowest BCUT2D eigenvalue weighted by atomic mass is 9.86. The zero-order valence-electron chi connectivity index (χ0n) is 17.1. The molecule has 3 aromatic carbocycles. The van der Waals surface area contributed by atoms with Crippen molar-refractivity contribution >= 4 is 34.5 Å². The molecule has 32 heavy (non-hydrogen) atoms. The maximum atomic E-state index is 14.9. The van der Waals surface area contributed by atoms with E-state index < -0.39 is 11.9 Å². The molecule has 0 fully saturated rings. The highest BCUT2D eigenvalue weighted by Gasteiger charge is 2.34. The van der Waals surface area contributed by atoms with E-state index in [0.29, 0.717) is 47.3 Å². The fraction of sp³-hybridized carbons (Fsp3) is 0.154. The standard InChI is InChI=1S/C26H20ClFN2O2/c27-17-8-4-9-18(28)23(17)25-24-20(10-5-11-22(24)31)29-21-14-16(12-13-19(21)30-25)26(32)15-6-2-1-3-7-15/h1-4,6-9,12-14,25,29-30H,5,10-11H2/t25-/m1/s1. The summed E-state index contributed by atoms with van der Waals surface area (Å²) < 4.78 is 14.9. The monoisotopic (exact) mass is 446 g/mol.